The molecule has 0 radical (unpaired) electrons. The highest BCUT2D eigenvalue weighted by atomic mass is 32.2. The van der Waals surface area contributed by atoms with Crippen molar-refractivity contribution in [3.8, 4) is 5.69 Å². The highest BCUT2D eigenvalue weighted by molar-refractivity contribution is 7.99. The molecule has 8 heteroatoms. The van der Waals surface area contributed by atoms with Crippen LogP contribution in [0.25, 0.3) is 15.9 Å². The van der Waals surface area contributed by atoms with Gasteiger partial charge >= 0.3 is 0 Å². The molecule has 1 aromatic carbocycles. The van der Waals surface area contributed by atoms with E-state index in [0.717, 1.165) is 18.5 Å². The zero-order chi connectivity index (χ0) is 18.6. The normalized spacial score (nSPS) is 15.1. The van der Waals surface area contributed by atoms with E-state index in [2.05, 4.69) is 10.3 Å². The molecule has 3 heterocycles. The van der Waals surface area contributed by atoms with Gasteiger partial charge < -0.3 is 10.1 Å². The van der Waals surface area contributed by atoms with E-state index in [4.69, 9.17) is 4.74 Å². The zero-order valence-electron chi connectivity index (χ0n) is 14.6. The van der Waals surface area contributed by atoms with Crippen molar-refractivity contribution in [3.05, 3.63) is 52.1 Å². The number of hydrogen-bond acceptors (Lipinski definition) is 6. The Labute approximate surface area is 164 Å². The minimum atomic E-state index is -0.103. The lowest BCUT2D eigenvalue weighted by Crippen LogP contribution is -2.39. The van der Waals surface area contributed by atoms with Crippen molar-refractivity contribution in [2.24, 2.45) is 0 Å². The van der Waals surface area contributed by atoms with Crippen LogP contribution in [-0.4, -0.2) is 40.5 Å². The van der Waals surface area contributed by atoms with Crippen molar-refractivity contribution in [1.29, 1.82) is 0 Å². The molecule has 1 aliphatic rings. The summed E-state index contributed by atoms with van der Waals surface area (Å²) in [6.07, 6.45) is 1.68. The third-order valence-corrected chi connectivity index (χ3v) is 6.21. The van der Waals surface area contributed by atoms with Crippen LogP contribution in [0.3, 0.4) is 0 Å². The molecule has 1 amide bonds. The number of carbonyl (C=O) groups is 1. The monoisotopic (exact) mass is 401 g/mol. The van der Waals surface area contributed by atoms with Crippen LogP contribution in [0.4, 0.5) is 0 Å². The molecule has 4 rings (SSSR count). The number of nitrogens with zero attached hydrogens (tertiary/aromatic N) is 2. The molecule has 1 N–H and O–H groups in total. The van der Waals surface area contributed by atoms with Gasteiger partial charge in [0, 0.05) is 19.3 Å². The van der Waals surface area contributed by atoms with Crippen LogP contribution in [0.2, 0.25) is 0 Å². The lowest BCUT2D eigenvalue weighted by molar-refractivity contribution is -0.119. The molecule has 0 atom stereocenters. The summed E-state index contributed by atoms with van der Waals surface area (Å²) < 4.78 is 7.53. The number of thioether (sulfide) groups is 1. The molecule has 1 aliphatic heterocycles. The molecule has 0 aliphatic carbocycles. The fourth-order valence-corrected chi connectivity index (χ4v) is 4.62. The minimum Gasteiger partial charge on any atom is -0.381 e. The predicted octanol–water partition coefficient (Wildman–Crippen LogP) is 2.83. The van der Waals surface area contributed by atoms with Gasteiger partial charge in [-0.25, -0.2) is 4.98 Å². The summed E-state index contributed by atoms with van der Waals surface area (Å²) in [6.45, 7) is 1.37. The third-order valence-electron chi connectivity index (χ3n) is 4.38. The first kappa shape index (κ1) is 18.2. The number of ether oxygens (including phenoxy) is 1. The van der Waals surface area contributed by atoms with E-state index in [9.17, 15) is 9.59 Å². The van der Waals surface area contributed by atoms with Gasteiger partial charge in [-0.05, 0) is 36.4 Å². The lowest BCUT2D eigenvalue weighted by atomic mass is 10.1. The van der Waals surface area contributed by atoms with Crippen LogP contribution < -0.4 is 10.9 Å². The van der Waals surface area contributed by atoms with E-state index in [1.807, 2.05) is 41.8 Å². The summed E-state index contributed by atoms with van der Waals surface area (Å²) in [5.41, 5.74) is 1.32. The standard InChI is InChI=1S/C19H19N3O3S2/c23-16(20-13-6-9-25-10-7-13)12-27-19-21-15-8-11-26-17(15)18(24)22(19)14-4-2-1-3-5-14/h1-5,8,11,13H,6-7,9-10,12H2,(H,20,23). The Balaban J connectivity index is 1.58. The van der Waals surface area contributed by atoms with Crippen molar-refractivity contribution in [2.75, 3.05) is 19.0 Å². The topological polar surface area (TPSA) is 73.2 Å². The van der Waals surface area contributed by atoms with Gasteiger partial charge in [-0.2, -0.15) is 0 Å². The first-order valence-electron chi connectivity index (χ1n) is 8.78. The van der Waals surface area contributed by atoms with Crippen LogP contribution in [0.1, 0.15) is 12.8 Å². The van der Waals surface area contributed by atoms with Gasteiger partial charge in [-0.1, -0.05) is 30.0 Å². The average molecular weight is 402 g/mol. The molecule has 0 spiro atoms. The highest BCUT2D eigenvalue weighted by Crippen LogP contribution is 2.23. The number of para-hydroxylation sites is 1. The maximum Gasteiger partial charge on any atom is 0.276 e. The minimum absolute atomic E-state index is 0.0498. The maximum atomic E-state index is 13.0. The van der Waals surface area contributed by atoms with E-state index in [1.165, 1.54) is 23.1 Å². The fraction of sp³-hybridized carbons (Fsp3) is 0.316. The smallest absolute Gasteiger partial charge is 0.276 e. The molecule has 140 valence electrons. The van der Waals surface area contributed by atoms with Crippen molar-refractivity contribution in [2.45, 2.75) is 24.0 Å². The Morgan fingerprint density at radius 2 is 2.04 bits per heavy atom. The highest BCUT2D eigenvalue weighted by Gasteiger charge is 2.18. The summed E-state index contributed by atoms with van der Waals surface area (Å²) in [4.78, 5) is 30.0. The Morgan fingerprint density at radius 1 is 1.26 bits per heavy atom. The van der Waals surface area contributed by atoms with Crippen LogP contribution in [-0.2, 0) is 9.53 Å². The molecule has 2 aromatic heterocycles. The number of fused-ring (bicyclic) bond motifs is 1. The molecule has 0 bridgehead atoms. The van der Waals surface area contributed by atoms with Crippen molar-refractivity contribution < 1.29 is 9.53 Å². The van der Waals surface area contributed by atoms with Crippen LogP contribution in [0, 0.1) is 0 Å². The van der Waals surface area contributed by atoms with Crippen LogP contribution in [0.5, 0.6) is 0 Å². The molecule has 1 saturated heterocycles. The first-order chi connectivity index (χ1) is 13.2. The van der Waals surface area contributed by atoms with Crippen LogP contribution in [0.15, 0.2) is 51.7 Å². The second-order valence-electron chi connectivity index (χ2n) is 6.25. The van der Waals surface area contributed by atoms with E-state index in [1.54, 1.807) is 4.57 Å². The average Bonchev–Trinajstić information content (AvgIpc) is 3.17. The van der Waals surface area contributed by atoms with E-state index >= 15 is 0 Å². The molecule has 3 aromatic rings. The molecule has 1 fully saturated rings. The number of carbonyl (C=O) groups excluding carboxylic acids is 1. The Hall–Kier alpha value is -2.16. The van der Waals surface area contributed by atoms with Gasteiger partial charge in [-0.15, -0.1) is 11.3 Å². The Kier molecular flexibility index (Phi) is 5.56. The molecular formula is C19H19N3O3S2. The Bertz CT molecular complexity index is 994. The second-order valence-corrected chi connectivity index (χ2v) is 8.11. The molecule has 27 heavy (non-hydrogen) atoms. The third kappa shape index (κ3) is 4.07. The van der Waals surface area contributed by atoms with E-state index < -0.39 is 0 Å². The first-order valence-corrected chi connectivity index (χ1v) is 10.6. The number of thiophene rings is 1. The van der Waals surface area contributed by atoms with Gasteiger partial charge in [0.1, 0.15) is 4.70 Å². The molecular weight excluding hydrogens is 382 g/mol. The quantitative estimate of drug-likeness (QED) is 0.526. The van der Waals surface area contributed by atoms with Crippen molar-refractivity contribution in [1.82, 2.24) is 14.9 Å². The van der Waals surface area contributed by atoms with Crippen molar-refractivity contribution >= 4 is 39.2 Å². The molecule has 6 nitrogen and oxygen atoms in total. The summed E-state index contributed by atoms with van der Waals surface area (Å²) in [6, 6.07) is 11.4. The van der Waals surface area contributed by atoms with Gasteiger partial charge in [0.25, 0.3) is 5.56 Å². The van der Waals surface area contributed by atoms with Gasteiger partial charge in [0.2, 0.25) is 5.91 Å². The maximum absolute atomic E-state index is 13.0. The summed E-state index contributed by atoms with van der Waals surface area (Å²) in [5, 5.41) is 5.43. The van der Waals surface area contributed by atoms with Gasteiger partial charge in [0.05, 0.1) is 17.0 Å². The SMILES string of the molecule is O=C(CSc1nc2ccsc2c(=O)n1-c1ccccc1)NC1CCOCC1. The number of rotatable bonds is 5. The van der Waals surface area contributed by atoms with Gasteiger partial charge in [0.15, 0.2) is 5.16 Å². The zero-order valence-corrected chi connectivity index (χ0v) is 16.2. The largest absolute Gasteiger partial charge is 0.381 e. The van der Waals surface area contributed by atoms with E-state index in [0.29, 0.717) is 28.6 Å². The number of amides is 1. The van der Waals surface area contributed by atoms with Crippen molar-refractivity contribution in [3.63, 3.8) is 0 Å². The summed E-state index contributed by atoms with van der Waals surface area (Å²) in [5.74, 6) is 0.165. The molecule has 0 unspecified atom stereocenters. The Morgan fingerprint density at radius 3 is 2.81 bits per heavy atom. The van der Waals surface area contributed by atoms with Gasteiger partial charge in [-0.3, -0.25) is 14.2 Å². The number of hydrogen-bond donors (Lipinski definition) is 1. The molecule has 0 saturated carbocycles. The van der Waals surface area contributed by atoms with E-state index in [-0.39, 0.29) is 23.3 Å². The van der Waals surface area contributed by atoms with Crippen LogP contribution >= 0.6 is 23.1 Å². The summed E-state index contributed by atoms with van der Waals surface area (Å²) in [7, 11) is 0. The fourth-order valence-electron chi connectivity index (χ4n) is 3.03. The number of nitrogens with one attached hydrogen (secondary N) is 1. The number of benzene rings is 1. The lowest BCUT2D eigenvalue weighted by Gasteiger charge is -2.23. The summed E-state index contributed by atoms with van der Waals surface area (Å²) >= 11 is 2.67. The number of aromatic nitrogens is 2. The predicted molar refractivity (Wildman–Crippen MR) is 108 cm³/mol. The second kappa shape index (κ2) is 8.24.